The smallest absolute Gasteiger partial charge is 0.326 e. The van der Waals surface area contributed by atoms with Crippen LogP contribution in [0.3, 0.4) is 0 Å². The van der Waals surface area contributed by atoms with Crippen LogP contribution in [-0.2, 0) is 17.8 Å². The summed E-state index contributed by atoms with van der Waals surface area (Å²) in [5.41, 5.74) is 9.86. The Morgan fingerprint density at radius 3 is 2.36 bits per heavy atom. The van der Waals surface area contributed by atoms with Gasteiger partial charge in [-0.1, -0.05) is 42.5 Å². The molecule has 0 saturated heterocycles. The molecule has 0 radical (unpaired) electrons. The van der Waals surface area contributed by atoms with Crippen molar-refractivity contribution in [2.45, 2.75) is 19.1 Å². The van der Waals surface area contributed by atoms with Crippen molar-refractivity contribution in [3.8, 4) is 17.0 Å². The van der Waals surface area contributed by atoms with E-state index in [1.807, 2.05) is 66.7 Å². The Kier molecular flexibility index (Phi) is 6.80. The molecular formula is C26H24N4O3. The van der Waals surface area contributed by atoms with Crippen molar-refractivity contribution in [1.29, 1.82) is 0 Å². The maximum atomic E-state index is 11.8. The van der Waals surface area contributed by atoms with E-state index in [9.17, 15) is 9.90 Å². The SMILES string of the molecule is Nc1ccc(CC(Nc2cc(-c3ccc(OCc4ccccc4)cc3)ncn2)C(=O)O)cc1. The minimum atomic E-state index is -0.966. The van der Waals surface area contributed by atoms with E-state index >= 15 is 0 Å². The molecule has 0 aliphatic rings. The number of rotatable bonds is 9. The summed E-state index contributed by atoms with van der Waals surface area (Å²) < 4.78 is 5.83. The van der Waals surface area contributed by atoms with Crippen LogP contribution in [0.5, 0.6) is 5.75 Å². The summed E-state index contributed by atoms with van der Waals surface area (Å²) in [7, 11) is 0. The maximum Gasteiger partial charge on any atom is 0.326 e. The Balaban J connectivity index is 1.43. The van der Waals surface area contributed by atoms with E-state index in [2.05, 4.69) is 15.3 Å². The molecule has 1 atom stereocenters. The second-order valence-corrected chi connectivity index (χ2v) is 7.57. The number of carbonyl (C=O) groups is 1. The molecule has 0 amide bonds. The van der Waals surface area contributed by atoms with Crippen molar-refractivity contribution in [2.24, 2.45) is 0 Å². The molecule has 4 N–H and O–H groups in total. The summed E-state index contributed by atoms with van der Waals surface area (Å²) >= 11 is 0. The van der Waals surface area contributed by atoms with Gasteiger partial charge in [-0.2, -0.15) is 0 Å². The Labute approximate surface area is 191 Å². The molecule has 1 unspecified atom stereocenters. The summed E-state index contributed by atoms with van der Waals surface area (Å²) in [6.45, 7) is 0.492. The molecule has 7 heteroatoms. The predicted molar refractivity (Wildman–Crippen MR) is 128 cm³/mol. The van der Waals surface area contributed by atoms with Crippen molar-refractivity contribution >= 4 is 17.5 Å². The van der Waals surface area contributed by atoms with E-state index in [4.69, 9.17) is 10.5 Å². The first-order valence-corrected chi connectivity index (χ1v) is 10.5. The van der Waals surface area contributed by atoms with Crippen LogP contribution in [-0.4, -0.2) is 27.1 Å². The zero-order valence-corrected chi connectivity index (χ0v) is 17.9. The highest BCUT2D eigenvalue weighted by Gasteiger charge is 2.19. The number of aliphatic carboxylic acids is 1. The number of nitrogen functional groups attached to an aromatic ring is 1. The second kappa shape index (κ2) is 10.3. The van der Waals surface area contributed by atoms with Crippen LogP contribution in [0.4, 0.5) is 11.5 Å². The fraction of sp³-hybridized carbons (Fsp3) is 0.115. The molecule has 1 heterocycles. The van der Waals surface area contributed by atoms with Crippen molar-refractivity contribution in [2.75, 3.05) is 11.1 Å². The number of aromatic nitrogens is 2. The number of hydrogen-bond acceptors (Lipinski definition) is 6. The zero-order valence-electron chi connectivity index (χ0n) is 17.9. The molecule has 0 saturated carbocycles. The van der Waals surface area contributed by atoms with Crippen LogP contribution in [0.2, 0.25) is 0 Å². The quantitative estimate of drug-likeness (QED) is 0.331. The predicted octanol–water partition coefficient (Wildman–Crippen LogP) is 4.41. The van der Waals surface area contributed by atoms with E-state index in [1.165, 1.54) is 6.33 Å². The molecule has 4 rings (SSSR count). The maximum absolute atomic E-state index is 11.8. The van der Waals surface area contributed by atoms with E-state index in [1.54, 1.807) is 18.2 Å². The van der Waals surface area contributed by atoms with Crippen LogP contribution in [0.1, 0.15) is 11.1 Å². The van der Waals surface area contributed by atoms with Gasteiger partial charge in [0.1, 0.15) is 30.5 Å². The molecule has 7 nitrogen and oxygen atoms in total. The number of benzene rings is 3. The van der Waals surface area contributed by atoms with Gasteiger partial charge < -0.3 is 20.9 Å². The van der Waals surface area contributed by atoms with Crippen LogP contribution >= 0.6 is 0 Å². The standard InChI is InChI=1S/C26H24N4O3/c27-21-10-6-18(7-11-21)14-24(26(31)32)30-25-15-23(28-17-29-25)20-8-12-22(13-9-20)33-16-19-4-2-1-3-5-19/h1-13,15,17,24H,14,16,27H2,(H,31,32)(H,28,29,30). The highest BCUT2D eigenvalue weighted by Crippen LogP contribution is 2.23. The molecular weight excluding hydrogens is 416 g/mol. The van der Waals surface area contributed by atoms with Gasteiger partial charge in [-0.15, -0.1) is 0 Å². The lowest BCUT2D eigenvalue weighted by Crippen LogP contribution is -2.31. The molecule has 4 aromatic rings. The molecule has 33 heavy (non-hydrogen) atoms. The number of ether oxygens (including phenoxy) is 1. The first-order valence-electron chi connectivity index (χ1n) is 10.5. The van der Waals surface area contributed by atoms with Gasteiger partial charge in [-0.25, -0.2) is 14.8 Å². The Bertz CT molecular complexity index is 1200. The fourth-order valence-electron chi connectivity index (χ4n) is 3.32. The Hall–Kier alpha value is -4.39. The van der Waals surface area contributed by atoms with E-state index in [0.717, 1.165) is 22.4 Å². The summed E-state index contributed by atoms with van der Waals surface area (Å²) in [6, 6.07) is 25.6. The van der Waals surface area contributed by atoms with Crippen LogP contribution in [0, 0.1) is 0 Å². The second-order valence-electron chi connectivity index (χ2n) is 7.57. The van der Waals surface area contributed by atoms with Gasteiger partial charge in [0.15, 0.2) is 0 Å². The van der Waals surface area contributed by atoms with Gasteiger partial charge in [0, 0.05) is 23.7 Å². The molecule has 0 bridgehead atoms. The highest BCUT2D eigenvalue weighted by atomic mass is 16.5. The van der Waals surface area contributed by atoms with Crippen LogP contribution in [0.25, 0.3) is 11.3 Å². The summed E-state index contributed by atoms with van der Waals surface area (Å²) in [6.07, 6.45) is 1.71. The Morgan fingerprint density at radius 1 is 0.939 bits per heavy atom. The molecule has 166 valence electrons. The van der Waals surface area contributed by atoms with Gasteiger partial charge in [0.25, 0.3) is 0 Å². The lowest BCUT2D eigenvalue weighted by atomic mass is 10.1. The first-order chi connectivity index (χ1) is 16.1. The average Bonchev–Trinajstić information content (AvgIpc) is 2.85. The fourth-order valence-corrected chi connectivity index (χ4v) is 3.32. The lowest BCUT2D eigenvalue weighted by Gasteiger charge is -2.16. The highest BCUT2D eigenvalue weighted by molar-refractivity contribution is 5.77. The normalized spacial score (nSPS) is 11.5. The zero-order chi connectivity index (χ0) is 23.0. The van der Waals surface area contributed by atoms with Gasteiger partial charge in [-0.05, 0) is 47.5 Å². The third-order valence-corrected chi connectivity index (χ3v) is 5.11. The van der Waals surface area contributed by atoms with Crippen molar-refractivity contribution in [1.82, 2.24) is 9.97 Å². The summed E-state index contributed by atoms with van der Waals surface area (Å²) in [4.78, 5) is 20.3. The van der Waals surface area contributed by atoms with Crippen molar-refractivity contribution in [3.63, 3.8) is 0 Å². The monoisotopic (exact) mass is 440 g/mol. The summed E-state index contributed by atoms with van der Waals surface area (Å²) in [5, 5.41) is 12.7. The first kappa shape index (κ1) is 21.8. The number of nitrogens with two attached hydrogens (primary N) is 1. The van der Waals surface area contributed by atoms with E-state index < -0.39 is 12.0 Å². The number of nitrogens with one attached hydrogen (secondary N) is 1. The van der Waals surface area contributed by atoms with E-state index in [0.29, 0.717) is 30.2 Å². The largest absolute Gasteiger partial charge is 0.489 e. The Morgan fingerprint density at radius 2 is 1.67 bits per heavy atom. The van der Waals surface area contributed by atoms with Crippen LogP contribution < -0.4 is 15.8 Å². The lowest BCUT2D eigenvalue weighted by molar-refractivity contribution is -0.137. The van der Waals surface area contributed by atoms with Crippen LogP contribution in [0.15, 0.2) is 91.3 Å². The third-order valence-electron chi connectivity index (χ3n) is 5.11. The molecule has 1 aromatic heterocycles. The van der Waals surface area contributed by atoms with Gasteiger partial charge >= 0.3 is 5.97 Å². The van der Waals surface area contributed by atoms with Gasteiger partial charge in [-0.3, -0.25) is 0 Å². The van der Waals surface area contributed by atoms with Gasteiger partial charge in [0.05, 0.1) is 5.69 Å². The molecule has 3 aromatic carbocycles. The number of hydrogen-bond donors (Lipinski definition) is 3. The average molecular weight is 441 g/mol. The molecule has 0 aliphatic heterocycles. The van der Waals surface area contributed by atoms with Crippen molar-refractivity contribution < 1.29 is 14.6 Å². The minimum Gasteiger partial charge on any atom is -0.489 e. The molecule has 0 spiro atoms. The summed E-state index contributed by atoms with van der Waals surface area (Å²) in [5.74, 6) is 0.226. The number of carboxylic acid groups (broad SMARTS) is 1. The molecule has 0 aliphatic carbocycles. The topological polar surface area (TPSA) is 110 Å². The number of carboxylic acids is 1. The van der Waals surface area contributed by atoms with Crippen molar-refractivity contribution in [3.05, 3.63) is 102 Å². The molecule has 0 fully saturated rings. The third kappa shape index (κ3) is 6.07. The van der Waals surface area contributed by atoms with E-state index in [-0.39, 0.29) is 0 Å². The minimum absolute atomic E-state index is 0.294. The van der Waals surface area contributed by atoms with Gasteiger partial charge in [0.2, 0.25) is 0 Å². The number of anilines is 2. The number of nitrogens with zero attached hydrogens (tertiary/aromatic N) is 2.